The highest BCUT2D eigenvalue weighted by molar-refractivity contribution is 5.80. The second-order valence-corrected chi connectivity index (χ2v) is 6.46. The molecule has 0 saturated carbocycles. The first-order valence-corrected chi connectivity index (χ1v) is 8.50. The molecule has 0 radical (unpaired) electrons. The van der Waals surface area contributed by atoms with Gasteiger partial charge in [0.05, 0.1) is 6.04 Å². The van der Waals surface area contributed by atoms with E-state index in [1.54, 1.807) is 14.0 Å². The number of halogens is 2. The van der Waals surface area contributed by atoms with Gasteiger partial charge in [0, 0.05) is 45.0 Å². The second-order valence-electron chi connectivity index (χ2n) is 6.46. The van der Waals surface area contributed by atoms with Crippen molar-refractivity contribution in [3.05, 3.63) is 64.7 Å². The molecule has 0 aliphatic heterocycles. The largest absolute Gasteiger partial charge is 0.378 e. The number of guanidine groups is 1. The van der Waals surface area contributed by atoms with Crippen LogP contribution in [0.5, 0.6) is 0 Å². The third-order valence-electron chi connectivity index (χ3n) is 4.29. The third kappa shape index (κ3) is 4.94. The predicted molar refractivity (Wildman–Crippen MR) is 104 cm³/mol. The van der Waals surface area contributed by atoms with Crippen molar-refractivity contribution in [1.82, 2.24) is 10.6 Å². The van der Waals surface area contributed by atoms with Gasteiger partial charge in [-0.15, -0.1) is 0 Å². The summed E-state index contributed by atoms with van der Waals surface area (Å²) in [6, 6.07) is 9.51. The highest BCUT2D eigenvalue weighted by Crippen LogP contribution is 2.18. The van der Waals surface area contributed by atoms with Gasteiger partial charge in [-0.25, -0.2) is 8.78 Å². The van der Waals surface area contributed by atoms with E-state index in [4.69, 9.17) is 0 Å². The molecular weight excluding hydrogens is 334 g/mol. The molecule has 0 bridgehead atoms. The van der Waals surface area contributed by atoms with Gasteiger partial charge in [0.2, 0.25) is 0 Å². The van der Waals surface area contributed by atoms with E-state index in [2.05, 4.69) is 45.6 Å². The predicted octanol–water partition coefficient (Wildman–Crippen LogP) is 3.77. The molecule has 0 aliphatic carbocycles. The van der Waals surface area contributed by atoms with Crippen molar-refractivity contribution in [3.63, 3.8) is 0 Å². The molecule has 0 aromatic heterocycles. The minimum atomic E-state index is -0.586. The Bertz CT molecular complexity index is 787. The van der Waals surface area contributed by atoms with Crippen LogP contribution < -0.4 is 15.5 Å². The topological polar surface area (TPSA) is 39.7 Å². The molecule has 26 heavy (non-hydrogen) atoms. The van der Waals surface area contributed by atoms with Crippen LogP contribution in [0, 0.1) is 18.6 Å². The zero-order valence-corrected chi connectivity index (χ0v) is 15.9. The van der Waals surface area contributed by atoms with Gasteiger partial charge in [-0.3, -0.25) is 4.99 Å². The number of hydrogen-bond acceptors (Lipinski definition) is 2. The molecule has 4 nitrogen and oxygen atoms in total. The Morgan fingerprint density at radius 3 is 2.46 bits per heavy atom. The lowest BCUT2D eigenvalue weighted by molar-refractivity contribution is 0.550. The van der Waals surface area contributed by atoms with E-state index in [0.29, 0.717) is 18.1 Å². The van der Waals surface area contributed by atoms with Gasteiger partial charge in [0.1, 0.15) is 11.6 Å². The second kappa shape index (κ2) is 8.65. The Morgan fingerprint density at radius 1 is 1.15 bits per heavy atom. The molecule has 0 fully saturated rings. The summed E-state index contributed by atoms with van der Waals surface area (Å²) < 4.78 is 27.0. The van der Waals surface area contributed by atoms with E-state index in [1.807, 2.05) is 14.1 Å². The first-order chi connectivity index (χ1) is 12.3. The number of benzene rings is 2. The van der Waals surface area contributed by atoms with Crippen LogP contribution in [0.1, 0.15) is 29.7 Å². The normalized spacial score (nSPS) is 12.7. The van der Waals surface area contributed by atoms with Crippen molar-refractivity contribution in [3.8, 4) is 0 Å². The van der Waals surface area contributed by atoms with Gasteiger partial charge >= 0.3 is 0 Å². The average molecular weight is 360 g/mol. The number of rotatable bonds is 5. The number of nitrogens with zero attached hydrogens (tertiary/aromatic N) is 2. The SMILES string of the molecule is CN=C(NCc1ccc(N(C)C)cc1C)NC(C)c1ccc(F)cc1F. The van der Waals surface area contributed by atoms with E-state index < -0.39 is 11.6 Å². The van der Waals surface area contributed by atoms with E-state index in [9.17, 15) is 8.78 Å². The van der Waals surface area contributed by atoms with Gasteiger partial charge in [0.25, 0.3) is 0 Å². The van der Waals surface area contributed by atoms with Crippen LogP contribution in [0.25, 0.3) is 0 Å². The van der Waals surface area contributed by atoms with Crippen molar-refractivity contribution in [2.75, 3.05) is 26.0 Å². The summed E-state index contributed by atoms with van der Waals surface area (Å²) in [6.45, 7) is 4.47. The smallest absolute Gasteiger partial charge is 0.191 e. The molecule has 0 amide bonds. The zero-order chi connectivity index (χ0) is 19.3. The lowest BCUT2D eigenvalue weighted by Crippen LogP contribution is -2.38. The van der Waals surface area contributed by atoms with Crippen LogP contribution in [0.15, 0.2) is 41.4 Å². The molecule has 6 heteroatoms. The molecule has 1 atom stereocenters. The van der Waals surface area contributed by atoms with E-state index in [0.717, 1.165) is 17.3 Å². The number of anilines is 1. The monoisotopic (exact) mass is 360 g/mol. The first kappa shape index (κ1) is 19.7. The number of aliphatic imine (C=N–C) groups is 1. The number of hydrogen-bond donors (Lipinski definition) is 2. The molecule has 2 aromatic rings. The Kier molecular flexibility index (Phi) is 6.55. The Hall–Kier alpha value is -2.63. The fourth-order valence-electron chi connectivity index (χ4n) is 2.67. The summed E-state index contributed by atoms with van der Waals surface area (Å²) in [5.74, 6) is -0.606. The zero-order valence-electron chi connectivity index (χ0n) is 15.9. The van der Waals surface area contributed by atoms with Crippen molar-refractivity contribution >= 4 is 11.6 Å². The minimum Gasteiger partial charge on any atom is -0.378 e. The molecule has 1 unspecified atom stereocenters. The Morgan fingerprint density at radius 2 is 1.88 bits per heavy atom. The lowest BCUT2D eigenvalue weighted by atomic mass is 10.1. The molecular formula is C20H26F2N4. The molecule has 2 rings (SSSR count). The Balaban J connectivity index is 2.02. The van der Waals surface area contributed by atoms with E-state index >= 15 is 0 Å². The van der Waals surface area contributed by atoms with Crippen LogP contribution >= 0.6 is 0 Å². The maximum absolute atomic E-state index is 13.9. The van der Waals surface area contributed by atoms with Crippen molar-refractivity contribution in [1.29, 1.82) is 0 Å². The van der Waals surface area contributed by atoms with Crippen LogP contribution in [0.3, 0.4) is 0 Å². The maximum atomic E-state index is 13.9. The average Bonchev–Trinajstić information content (AvgIpc) is 2.58. The lowest BCUT2D eigenvalue weighted by Gasteiger charge is -2.20. The van der Waals surface area contributed by atoms with Crippen LogP contribution in [0.4, 0.5) is 14.5 Å². The van der Waals surface area contributed by atoms with Gasteiger partial charge in [0.15, 0.2) is 5.96 Å². The summed E-state index contributed by atoms with van der Waals surface area (Å²) in [6.07, 6.45) is 0. The highest BCUT2D eigenvalue weighted by atomic mass is 19.1. The summed E-state index contributed by atoms with van der Waals surface area (Å²) in [4.78, 5) is 6.24. The van der Waals surface area contributed by atoms with Crippen molar-refractivity contribution in [2.45, 2.75) is 26.4 Å². The van der Waals surface area contributed by atoms with Gasteiger partial charge in [-0.1, -0.05) is 12.1 Å². The molecule has 0 spiro atoms. The third-order valence-corrected chi connectivity index (χ3v) is 4.29. The molecule has 2 aromatic carbocycles. The first-order valence-electron chi connectivity index (χ1n) is 8.50. The van der Waals surface area contributed by atoms with Gasteiger partial charge in [-0.2, -0.15) is 0 Å². The molecule has 0 aliphatic rings. The van der Waals surface area contributed by atoms with Crippen molar-refractivity contribution in [2.24, 2.45) is 4.99 Å². The van der Waals surface area contributed by atoms with E-state index in [-0.39, 0.29) is 6.04 Å². The molecule has 140 valence electrons. The molecule has 0 heterocycles. The fraction of sp³-hybridized carbons (Fsp3) is 0.350. The standard InChI is InChI=1S/C20H26F2N4/c1-13-10-17(26(4)5)8-6-15(13)12-24-20(23-3)25-14(2)18-9-7-16(21)11-19(18)22/h6-11,14H,12H2,1-5H3,(H2,23,24,25). The summed E-state index contributed by atoms with van der Waals surface area (Å²) in [7, 11) is 5.67. The quantitative estimate of drug-likeness (QED) is 0.630. The Labute approximate surface area is 153 Å². The van der Waals surface area contributed by atoms with Gasteiger partial charge in [-0.05, 0) is 43.2 Å². The van der Waals surface area contributed by atoms with E-state index in [1.165, 1.54) is 17.7 Å². The highest BCUT2D eigenvalue weighted by Gasteiger charge is 2.13. The van der Waals surface area contributed by atoms with Crippen LogP contribution in [-0.2, 0) is 6.54 Å². The molecule has 0 saturated heterocycles. The summed E-state index contributed by atoms with van der Waals surface area (Å²) >= 11 is 0. The van der Waals surface area contributed by atoms with Crippen molar-refractivity contribution < 1.29 is 8.78 Å². The summed E-state index contributed by atoms with van der Waals surface area (Å²) in [5, 5.41) is 6.37. The molecule has 2 N–H and O–H groups in total. The fourth-order valence-corrected chi connectivity index (χ4v) is 2.67. The summed E-state index contributed by atoms with van der Waals surface area (Å²) in [5.41, 5.74) is 3.87. The van der Waals surface area contributed by atoms with Crippen LogP contribution in [0.2, 0.25) is 0 Å². The van der Waals surface area contributed by atoms with Crippen LogP contribution in [-0.4, -0.2) is 27.1 Å². The number of nitrogens with one attached hydrogen (secondary N) is 2. The minimum absolute atomic E-state index is 0.348. The number of aryl methyl sites for hydroxylation is 1. The maximum Gasteiger partial charge on any atom is 0.191 e. The van der Waals surface area contributed by atoms with Gasteiger partial charge < -0.3 is 15.5 Å².